The molecule has 1 aromatic heterocycles. The van der Waals surface area contributed by atoms with Gasteiger partial charge in [-0.15, -0.1) is 23.1 Å². The van der Waals surface area contributed by atoms with Crippen molar-refractivity contribution in [3.05, 3.63) is 33.7 Å². The molecule has 0 unspecified atom stereocenters. The molecule has 0 saturated carbocycles. The molecule has 0 spiro atoms. The number of methoxy groups -OCH3 is 1. The van der Waals surface area contributed by atoms with Gasteiger partial charge in [0.2, 0.25) is 5.91 Å². The predicted molar refractivity (Wildman–Crippen MR) is 89.7 cm³/mol. The second-order valence-corrected chi connectivity index (χ2v) is 7.47. The molecular formula is C15H14N2O6S2. The van der Waals surface area contributed by atoms with Gasteiger partial charge in [0.05, 0.1) is 19.1 Å². The second-order valence-electron chi connectivity index (χ2n) is 5.34. The van der Waals surface area contributed by atoms with Crippen LogP contribution >= 0.6 is 23.1 Å². The maximum atomic E-state index is 12.4. The Morgan fingerprint density at radius 2 is 2.20 bits per heavy atom. The van der Waals surface area contributed by atoms with Crippen molar-refractivity contribution in [3.63, 3.8) is 0 Å². The highest BCUT2D eigenvalue weighted by atomic mass is 32.2. The van der Waals surface area contributed by atoms with Gasteiger partial charge in [0.15, 0.2) is 0 Å². The molecule has 2 N–H and O–H groups in total. The van der Waals surface area contributed by atoms with Gasteiger partial charge >= 0.3 is 11.9 Å². The lowest BCUT2D eigenvalue weighted by Gasteiger charge is -2.49. The lowest BCUT2D eigenvalue weighted by molar-refractivity contribution is -0.151. The predicted octanol–water partition coefficient (Wildman–Crippen LogP) is 0.202. The molecule has 0 radical (unpaired) electrons. The van der Waals surface area contributed by atoms with Crippen LogP contribution in [-0.4, -0.2) is 58.0 Å². The number of carbonyl (C=O) groups excluding carboxylic acids is 3. The van der Waals surface area contributed by atoms with Gasteiger partial charge in [0, 0.05) is 10.6 Å². The minimum Gasteiger partial charge on any atom is -0.477 e. The number of β-lactam (4-membered cyclic amide) rings is 1. The van der Waals surface area contributed by atoms with Crippen LogP contribution in [0.5, 0.6) is 0 Å². The van der Waals surface area contributed by atoms with E-state index in [-0.39, 0.29) is 29.4 Å². The molecule has 1 fully saturated rings. The van der Waals surface area contributed by atoms with E-state index >= 15 is 0 Å². The molecule has 0 bridgehead atoms. The fourth-order valence-electron chi connectivity index (χ4n) is 2.69. The summed E-state index contributed by atoms with van der Waals surface area (Å²) in [5.74, 6) is -2.90. The highest BCUT2D eigenvalue weighted by molar-refractivity contribution is 8.00. The van der Waals surface area contributed by atoms with E-state index in [9.17, 15) is 24.3 Å². The van der Waals surface area contributed by atoms with Gasteiger partial charge in [-0.2, -0.15) is 0 Å². The van der Waals surface area contributed by atoms with Crippen molar-refractivity contribution >= 4 is 46.9 Å². The zero-order valence-electron chi connectivity index (χ0n) is 13.1. The first kappa shape index (κ1) is 17.5. The van der Waals surface area contributed by atoms with Crippen LogP contribution in [0.4, 0.5) is 0 Å². The molecule has 25 heavy (non-hydrogen) atoms. The Balaban J connectivity index is 1.74. The van der Waals surface area contributed by atoms with Crippen LogP contribution in [0.2, 0.25) is 0 Å². The molecule has 1 saturated heterocycles. The van der Waals surface area contributed by atoms with Gasteiger partial charge in [-0.05, 0) is 11.4 Å². The van der Waals surface area contributed by atoms with Crippen LogP contribution < -0.4 is 5.32 Å². The number of aliphatic carboxylic acids is 1. The van der Waals surface area contributed by atoms with E-state index in [2.05, 4.69) is 10.1 Å². The van der Waals surface area contributed by atoms with Crippen molar-refractivity contribution in [1.29, 1.82) is 0 Å². The average Bonchev–Trinajstić information content (AvgIpc) is 3.10. The molecule has 132 valence electrons. The van der Waals surface area contributed by atoms with Crippen LogP contribution in [0.25, 0.3) is 0 Å². The summed E-state index contributed by atoms with van der Waals surface area (Å²) in [4.78, 5) is 49.6. The van der Waals surface area contributed by atoms with Gasteiger partial charge in [0.25, 0.3) is 5.91 Å². The zero-order valence-corrected chi connectivity index (χ0v) is 14.7. The van der Waals surface area contributed by atoms with Crippen LogP contribution in [-0.2, 0) is 30.3 Å². The van der Waals surface area contributed by atoms with E-state index in [4.69, 9.17) is 0 Å². The topological polar surface area (TPSA) is 113 Å². The monoisotopic (exact) mass is 382 g/mol. The van der Waals surface area contributed by atoms with Crippen molar-refractivity contribution in [1.82, 2.24) is 10.2 Å². The summed E-state index contributed by atoms with van der Waals surface area (Å²) in [6, 6.07) is 2.85. The number of amides is 2. The molecule has 3 heterocycles. The number of carboxylic acids is 1. The molecule has 2 atom stereocenters. The molecule has 1 aromatic rings. The molecule has 8 nitrogen and oxygen atoms in total. The third-order valence-corrected chi connectivity index (χ3v) is 5.99. The Kier molecular flexibility index (Phi) is 4.82. The second kappa shape index (κ2) is 6.89. The third-order valence-electron chi connectivity index (χ3n) is 3.83. The summed E-state index contributed by atoms with van der Waals surface area (Å²) >= 11 is 2.66. The van der Waals surface area contributed by atoms with Gasteiger partial charge in [0.1, 0.15) is 17.1 Å². The lowest BCUT2D eigenvalue weighted by Crippen LogP contribution is -2.70. The number of thiophene rings is 1. The summed E-state index contributed by atoms with van der Waals surface area (Å²) in [5.41, 5.74) is -0.433. The number of nitrogens with zero attached hydrogens (tertiary/aromatic N) is 1. The Bertz CT molecular complexity index is 773. The highest BCUT2D eigenvalue weighted by Gasteiger charge is 2.55. The molecule has 2 aliphatic heterocycles. The van der Waals surface area contributed by atoms with Crippen LogP contribution in [0.1, 0.15) is 4.88 Å². The molecular weight excluding hydrogens is 368 g/mol. The molecule has 0 aliphatic carbocycles. The Morgan fingerprint density at radius 3 is 2.80 bits per heavy atom. The van der Waals surface area contributed by atoms with Crippen LogP contribution in [0.3, 0.4) is 0 Å². The number of fused-ring (bicyclic) bond motifs is 1. The van der Waals surface area contributed by atoms with E-state index < -0.39 is 29.3 Å². The number of ether oxygens (including phenoxy) is 1. The molecule has 2 amide bonds. The molecule has 10 heteroatoms. The molecule has 2 aliphatic rings. The van der Waals surface area contributed by atoms with Crippen molar-refractivity contribution in [3.8, 4) is 0 Å². The van der Waals surface area contributed by atoms with E-state index in [0.717, 1.165) is 16.9 Å². The first-order valence-corrected chi connectivity index (χ1v) is 9.18. The van der Waals surface area contributed by atoms with E-state index in [1.165, 1.54) is 23.1 Å². The smallest absolute Gasteiger partial charge is 0.353 e. The summed E-state index contributed by atoms with van der Waals surface area (Å²) in [5, 5.41) is 13.3. The van der Waals surface area contributed by atoms with Gasteiger partial charge in [-0.25, -0.2) is 9.59 Å². The number of carbonyl (C=O) groups is 4. The fraction of sp³-hybridized carbons (Fsp3) is 0.333. The highest BCUT2D eigenvalue weighted by Crippen LogP contribution is 2.40. The van der Waals surface area contributed by atoms with Crippen molar-refractivity contribution in [2.24, 2.45) is 0 Å². The van der Waals surface area contributed by atoms with Gasteiger partial charge in [-0.3, -0.25) is 14.5 Å². The lowest BCUT2D eigenvalue weighted by atomic mass is 10.0. The van der Waals surface area contributed by atoms with Crippen molar-refractivity contribution in [2.75, 3.05) is 12.9 Å². The SMILES string of the molecule is COC(=O)C1=C(C(=O)O)N2C(=O)[C@@H](NC(=O)Cc3cccs3)[C@H]2SC1. The summed E-state index contributed by atoms with van der Waals surface area (Å²) in [7, 11) is 1.15. The van der Waals surface area contributed by atoms with E-state index in [1.807, 2.05) is 17.5 Å². The number of rotatable bonds is 5. The fourth-order valence-corrected chi connectivity index (χ4v) is 4.73. The van der Waals surface area contributed by atoms with Gasteiger partial charge in [-0.1, -0.05) is 6.07 Å². The van der Waals surface area contributed by atoms with Gasteiger partial charge < -0.3 is 15.2 Å². The first-order valence-electron chi connectivity index (χ1n) is 7.25. The Morgan fingerprint density at radius 1 is 1.44 bits per heavy atom. The summed E-state index contributed by atoms with van der Waals surface area (Å²) in [6.45, 7) is 0. The van der Waals surface area contributed by atoms with E-state index in [1.54, 1.807) is 0 Å². The Hall–Kier alpha value is -2.33. The Labute approximate surface area is 150 Å². The van der Waals surface area contributed by atoms with Crippen LogP contribution in [0, 0.1) is 0 Å². The number of carboxylic acid groups (broad SMARTS) is 1. The number of hydrogen-bond donors (Lipinski definition) is 2. The average molecular weight is 382 g/mol. The quantitative estimate of drug-likeness (QED) is 0.553. The maximum Gasteiger partial charge on any atom is 0.353 e. The standard InChI is InChI=1S/C15H14N2O6S2/c1-23-15(22)8-6-25-13-10(12(19)17(13)11(8)14(20)21)16-9(18)5-7-3-2-4-24-7/h2-4,10,13H,5-6H2,1H3,(H,16,18)(H,20,21)/t10-,13-/m1/s1. The number of esters is 1. The number of nitrogens with one attached hydrogen (secondary N) is 1. The van der Waals surface area contributed by atoms with E-state index in [0.29, 0.717) is 0 Å². The summed E-state index contributed by atoms with van der Waals surface area (Å²) in [6.07, 6.45) is 0.161. The van der Waals surface area contributed by atoms with Crippen molar-refractivity contribution < 1.29 is 29.0 Å². The van der Waals surface area contributed by atoms with Crippen molar-refractivity contribution in [2.45, 2.75) is 17.8 Å². The normalized spacial score (nSPS) is 22.1. The number of hydrogen-bond acceptors (Lipinski definition) is 7. The minimum absolute atomic E-state index is 0.0621. The maximum absolute atomic E-state index is 12.4. The largest absolute Gasteiger partial charge is 0.477 e. The van der Waals surface area contributed by atoms with Crippen LogP contribution in [0.15, 0.2) is 28.8 Å². The first-order chi connectivity index (χ1) is 11.9. The molecule has 3 rings (SSSR count). The molecule has 0 aromatic carbocycles. The minimum atomic E-state index is -1.37. The zero-order chi connectivity index (χ0) is 18.1. The summed E-state index contributed by atoms with van der Waals surface area (Å²) < 4.78 is 4.58. The number of thioether (sulfide) groups is 1. The third kappa shape index (κ3) is 3.14.